The zero-order valence-electron chi connectivity index (χ0n) is 40.5. The average Bonchev–Trinajstić information content (AvgIpc) is 3.82. The molecule has 0 aliphatic carbocycles. The van der Waals surface area contributed by atoms with E-state index in [1.165, 1.54) is 38.5 Å². The number of allylic oxidation sites excluding steroid dienone is 8. The van der Waals surface area contributed by atoms with Gasteiger partial charge in [0, 0.05) is 39.1 Å². The van der Waals surface area contributed by atoms with Gasteiger partial charge in [0.1, 0.15) is 19.8 Å². The van der Waals surface area contributed by atoms with E-state index in [1.807, 2.05) is 18.2 Å². The Balaban J connectivity index is 1.86. The molecule has 0 radical (unpaired) electrons. The van der Waals surface area contributed by atoms with Crippen molar-refractivity contribution in [2.24, 2.45) is 0 Å². The summed E-state index contributed by atoms with van der Waals surface area (Å²) < 4.78 is 29.2. The van der Waals surface area contributed by atoms with Gasteiger partial charge in [0.2, 0.25) is 0 Å². The molecule has 0 saturated carbocycles. The Hall–Kier alpha value is -3.73. The third kappa shape index (κ3) is 32.9. The van der Waals surface area contributed by atoms with Gasteiger partial charge in [-0.2, -0.15) is 0 Å². The van der Waals surface area contributed by atoms with E-state index in [0.717, 1.165) is 133 Å². The van der Waals surface area contributed by atoms with E-state index >= 15 is 0 Å². The Morgan fingerprint density at radius 2 is 1.06 bits per heavy atom. The minimum atomic E-state index is -0.484. The van der Waals surface area contributed by atoms with Crippen molar-refractivity contribution in [3.05, 3.63) is 83.5 Å². The molecule has 1 saturated heterocycles. The first-order valence-electron chi connectivity index (χ1n) is 25.3. The topological polar surface area (TPSA) is 113 Å². The second kappa shape index (κ2) is 40.8. The number of benzene rings is 1. The molecule has 1 aromatic carbocycles. The molecule has 0 atom stereocenters. The van der Waals surface area contributed by atoms with Gasteiger partial charge in [-0.25, -0.2) is 4.79 Å². The summed E-state index contributed by atoms with van der Waals surface area (Å²) in [6.07, 6.45) is 40.7. The molecule has 0 bridgehead atoms. The van der Waals surface area contributed by atoms with Crippen molar-refractivity contribution < 1.29 is 38.1 Å². The van der Waals surface area contributed by atoms with Gasteiger partial charge in [0.15, 0.2) is 6.29 Å². The lowest BCUT2D eigenvalue weighted by atomic mass is 10.1. The van der Waals surface area contributed by atoms with Crippen LogP contribution in [-0.2, 0) is 53.1 Å². The number of carbonyl (C=O) groups excluding carboxylic acids is 3. The van der Waals surface area contributed by atoms with Crippen LogP contribution in [-0.4, -0.2) is 68.6 Å². The Labute approximate surface area is 389 Å². The number of nitrogens with zero attached hydrogens (tertiary/aromatic N) is 1. The van der Waals surface area contributed by atoms with E-state index in [9.17, 15) is 14.4 Å². The highest BCUT2D eigenvalue weighted by molar-refractivity contribution is 5.70. The van der Waals surface area contributed by atoms with E-state index in [4.69, 9.17) is 23.7 Å². The quantitative estimate of drug-likeness (QED) is 0.0226. The van der Waals surface area contributed by atoms with Crippen molar-refractivity contribution in [3.63, 3.8) is 0 Å². The van der Waals surface area contributed by atoms with E-state index in [-0.39, 0.29) is 38.2 Å². The SMILES string of the molecule is CC/C=C\CCCCOC(CCC(=O)OCc1cc(COC(=O)CCCCCCC/C=C\C/C=C\CCCCC)cc(COC(=O)NCCN2CCCC2)c1)OCCCC/C=C\CC. The zero-order chi connectivity index (χ0) is 46.0. The molecule has 0 unspecified atom stereocenters. The molecule has 10 nitrogen and oxygen atoms in total. The number of nitrogens with one attached hydrogen (secondary N) is 1. The fourth-order valence-corrected chi connectivity index (χ4v) is 7.34. The predicted molar refractivity (Wildman–Crippen MR) is 261 cm³/mol. The van der Waals surface area contributed by atoms with Gasteiger partial charge in [0.25, 0.3) is 0 Å². The summed E-state index contributed by atoms with van der Waals surface area (Å²) in [4.78, 5) is 40.7. The van der Waals surface area contributed by atoms with Crippen molar-refractivity contribution in [2.45, 2.75) is 201 Å². The minimum Gasteiger partial charge on any atom is -0.461 e. The highest BCUT2D eigenvalue weighted by Gasteiger charge is 2.16. The summed E-state index contributed by atoms with van der Waals surface area (Å²) in [5, 5.41) is 2.85. The van der Waals surface area contributed by atoms with Crippen molar-refractivity contribution in [1.82, 2.24) is 10.2 Å². The standard InChI is InChI=1S/C54H88N2O8/c1-4-7-10-13-16-17-18-19-20-21-22-23-24-25-28-33-51(57)62-45-48-42-49(44-50(43-48)47-64-54(59)55-36-39-56-37-29-30-38-56)46-63-52(58)34-35-53(60-40-31-26-14-11-8-5-2)61-41-32-27-15-12-9-6-3/h8-9,11-12,16-17,19-20,42-44,53H,4-7,10,13-15,18,21-41,45-47H2,1-3H3,(H,55,59)/b11-8-,12-9-,17-16-,20-19-. The van der Waals surface area contributed by atoms with Crippen molar-refractivity contribution in [2.75, 3.05) is 39.4 Å². The van der Waals surface area contributed by atoms with Gasteiger partial charge in [-0.15, -0.1) is 0 Å². The van der Waals surface area contributed by atoms with Crippen LogP contribution in [0.5, 0.6) is 0 Å². The zero-order valence-corrected chi connectivity index (χ0v) is 40.5. The molecular formula is C54H88N2O8. The van der Waals surface area contributed by atoms with Gasteiger partial charge in [-0.05, 0) is 151 Å². The predicted octanol–water partition coefficient (Wildman–Crippen LogP) is 13.3. The van der Waals surface area contributed by atoms with Crippen LogP contribution in [0.2, 0.25) is 0 Å². The molecule has 1 aromatic rings. The second-order valence-electron chi connectivity index (χ2n) is 17.0. The maximum absolute atomic E-state index is 13.0. The molecule has 10 heteroatoms. The molecule has 1 N–H and O–H groups in total. The lowest BCUT2D eigenvalue weighted by molar-refractivity contribution is -0.160. The Bertz CT molecular complexity index is 1430. The smallest absolute Gasteiger partial charge is 0.407 e. The largest absolute Gasteiger partial charge is 0.461 e. The summed E-state index contributed by atoms with van der Waals surface area (Å²) in [6.45, 7) is 11.3. The van der Waals surface area contributed by atoms with E-state index < -0.39 is 12.4 Å². The van der Waals surface area contributed by atoms with Crippen molar-refractivity contribution in [1.29, 1.82) is 0 Å². The lowest BCUT2D eigenvalue weighted by Gasteiger charge is -2.18. The van der Waals surface area contributed by atoms with Crippen LogP contribution in [0.25, 0.3) is 0 Å². The molecule has 0 spiro atoms. The van der Waals surface area contributed by atoms with Gasteiger partial charge in [-0.3, -0.25) is 9.59 Å². The number of rotatable bonds is 40. The van der Waals surface area contributed by atoms with Crippen molar-refractivity contribution in [3.8, 4) is 0 Å². The maximum Gasteiger partial charge on any atom is 0.407 e. The normalized spacial score (nSPS) is 13.4. The number of hydrogen-bond acceptors (Lipinski definition) is 9. The number of hydrogen-bond donors (Lipinski definition) is 1. The third-order valence-electron chi connectivity index (χ3n) is 11.0. The number of alkyl carbamates (subject to hydrolysis) is 1. The Morgan fingerprint density at radius 3 is 1.62 bits per heavy atom. The van der Waals surface area contributed by atoms with Crippen LogP contribution in [0.3, 0.4) is 0 Å². The summed E-state index contributed by atoms with van der Waals surface area (Å²) in [6, 6.07) is 5.60. The third-order valence-corrected chi connectivity index (χ3v) is 11.0. The molecule has 1 heterocycles. The molecule has 1 amide bonds. The summed E-state index contributed by atoms with van der Waals surface area (Å²) in [5.74, 6) is -0.589. The molecule has 1 fully saturated rings. The summed E-state index contributed by atoms with van der Waals surface area (Å²) in [5.41, 5.74) is 2.19. The number of unbranched alkanes of at least 4 members (excludes halogenated alkanes) is 12. The van der Waals surface area contributed by atoms with Gasteiger partial charge >= 0.3 is 18.0 Å². The van der Waals surface area contributed by atoms with E-state index in [1.54, 1.807) is 0 Å². The van der Waals surface area contributed by atoms with Crippen LogP contribution >= 0.6 is 0 Å². The minimum absolute atomic E-state index is 0.0321. The van der Waals surface area contributed by atoms with Crippen LogP contribution in [0.15, 0.2) is 66.8 Å². The second-order valence-corrected chi connectivity index (χ2v) is 17.0. The fraction of sp³-hybridized carbons (Fsp3) is 0.685. The van der Waals surface area contributed by atoms with E-state index in [0.29, 0.717) is 32.6 Å². The molecule has 1 aliphatic rings. The highest BCUT2D eigenvalue weighted by atomic mass is 16.7. The van der Waals surface area contributed by atoms with Gasteiger partial charge in [0.05, 0.1) is 6.42 Å². The number of carbonyl (C=O) groups is 3. The Kier molecular flexibility index (Phi) is 35.9. The highest BCUT2D eigenvalue weighted by Crippen LogP contribution is 2.17. The van der Waals surface area contributed by atoms with Crippen LogP contribution in [0.4, 0.5) is 4.79 Å². The van der Waals surface area contributed by atoms with Crippen LogP contribution < -0.4 is 5.32 Å². The fourth-order valence-electron chi connectivity index (χ4n) is 7.34. The van der Waals surface area contributed by atoms with Crippen molar-refractivity contribution >= 4 is 18.0 Å². The summed E-state index contributed by atoms with van der Waals surface area (Å²) in [7, 11) is 0. The number of likely N-dealkylation sites (tertiary alicyclic amines) is 1. The first-order chi connectivity index (χ1) is 31.4. The Morgan fingerprint density at radius 1 is 0.578 bits per heavy atom. The van der Waals surface area contributed by atoms with Crippen LogP contribution in [0, 0.1) is 0 Å². The first kappa shape index (κ1) is 56.4. The lowest BCUT2D eigenvalue weighted by Crippen LogP contribution is -2.33. The van der Waals surface area contributed by atoms with Gasteiger partial charge < -0.3 is 33.9 Å². The summed E-state index contributed by atoms with van der Waals surface area (Å²) >= 11 is 0. The van der Waals surface area contributed by atoms with Crippen LogP contribution in [0.1, 0.15) is 192 Å². The first-order valence-corrected chi connectivity index (χ1v) is 25.3. The number of amides is 1. The number of esters is 2. The maximum atomic E-state index is 13.0. The molecule has 0 aromatic heterocycles. The molecule has 2 rings (SSSR count). The molecular weight excluding hydrogens is 805 g/mol. The van der Waals surface area contributed by atoms with E-state index in [2.05, 4.69) is 79.6 Å². The molecule has 1 aliphatic heterocycles. The number of ether oxygens (including phenoxy) is 5. The van der Waals surface area contributed by atoms with Gasteiger partial charge in [-0.1, -0.05) is 101 Å². The molecule has 362 valence electrons. The average molecular weight is 893 g/mol. The molecule has 64 heavy (non-hydrogen) atoms. The monoisotopic (exact) mass is 893 g/mol.